The van der Waals surface area contributed by atoms with E-state index in [-0.39, 0.29) is 39.0 Å². The second-order valence-corrected chi connectivity index (χ2v) is 11.5. The largest absolute Gasteiger partial charge is 0.481 e. The van der Waals surface area contributed by atoms with Crippen molar-refractivity contribution in [1.29, 1.82) is 0 Å². The maximum absolute atomic E-state index is 15.4. The van der Waals surface area contributed by atoms with Gasteiger partial charge in [-0.3, -0.25) is 19.1 Å². The molecule has 3 heterocycles. The summed E-state index contributed by atoms with van der Waals surface area (Å²) in [5.74, 6) is -1.10. The monoisotopic (exact) mass is 640 g/mol. The number of nitrogens with zero attached hydrogens (tertiary/aromatic N) is 5. The first-order valence-electron chi connectivity index (χ1n) is 13.7. The number of fused-ring (bicyclic) bond motifs is 1. The van der Waals surface area contributed by atoms with Gasteiger partial charge in [-0.1, -0.05) is 35.3 Å². The number of anilines is 1. The fourth-order valence-electron chi connectivity index (χ4n) is 5.82. The Morgan fingerprint density at radius 2 is 1.86 bits per heavy atom. The lowest BCUT2D eigenvalue weighted by molar-refractivity contribution is -0.0256. The molecule has 1 amide bonds. The molecular weight excluding hydrogens is 614 g/mol. The Morgan fingerprint density at radius 3 is 2.57 bits per heavy atom. The van der Waals surface area contributed by atoms with Crippen molar-refractivity contribution < 1.29 is 19.0 Å². The van der Waals surface area contributed by atoms with Gasteiger partial charge in [-0.05, 0) is 42.7 Å². The summed E-state index contributed by atoms with van der Waals surface area (Å²) in [5, 5.41) is 16.1. The van der Waals surface area contributed by atoms with Gasteiger partial charge in [-0.25, -0.2) is 18.9 Å². The number of benzene rings is 2. The van der Waals surface area contributed by atoms with Crippen LogP contribution in [-0.4, -0.2) is 61.5 Å². The van der Waals surface area contributed by atoms with Gasteiger partial charge in [0, 0.05) is 55.5 Å². The number of β-amino-alcohol motifs (C(OH)–C–C–N with tert-alkyl or cyclic N) is 1. The van der Waals surface area contributed by atoms with Crippen LogP contribution < -0.4 is 21.3 Å². The van der Waals surface area contributed by atoms with Crippen molar-refractivity contribution in [1.82, 2.24) is 24.2 Å². The number of methoxy groups -OCH3 is 1. The Labute approximate surface area is 260 Å². The zero-order valence-electron chi connectivity index (χ0n) is 23.9. The van der Waals surface area contributed by atoms with Gasteiger partial charge in [0.05, 0.1) is 34.6 Å². The van der Waals surface area contributed by atoms with E-state index in [0.29, 0.717) is 30.2 Å². The van der Waals surface area contributed by atoms with Crippen molar-refractivity contribution >= 4 is 34.8 Å². The van der Waals surface area contributed by atoms with Gasteiger partial charge in [0.15, 0.2) is 0 Å². The number of pyridine rings is 1. The zero-order valence-corrected chi connectivity index (χ0v) is 25.4. The van der Waals surface area contributed by atoms with E-state index >= 15 is 4.39 Å². The molecule has 0 saturated carbocycles. The molecule has 228 valence electrons. The number of halogens is 3. The average Bonchev–Trinajstić information content (AvgIpc) is 3.41. The summed E-state index contributed by atoms with van der Waals surface area (Å²) in [6.07, 6.45) is 1.32. The number of carbonyl (C=O) groups is 1. The summed E-state index contributed by atoms with van der Waals surface area (Å²) in [6.45, 7) is 1.20. The molecule has 2 aliphatic rings. The van der Waals surface area contributed by atoms with E-state index in [1.54, 1.807) is 19.2 Å². The van der Waals surface area contributed by atoms with Crippen molar-refractivity contribution in [2.24, 2.45) is 14.1 Å². The van der Waals surface area contributed by atoms with Crippen LogP contribution in [0, 0.1) is 5.82 Å². The molecule has 2 aromatic carbocycles. The average molecular weight is 641 g/mol. The summed E-state index contributed by atoms with van der Waals surface area (Å²) in [5.41, 5.74) is 1.14. The third-order valence-corrected chi connectivity index (χ3v) is 8.87. The zero-order chi connectivity index (χ0) is 31.4. The molecule has 2 aromatic heterocycles. The highest BCUT2D eigenvalue weighted by atomic mass is 35.5. The lowest BCUT2D eigenvalue weighted by Crippen LogP contribution is -2.51. The van der Waals surface area contributed by atoms with Gasteiger partial charge in [-0.2, -0.15) is 5.10 Å². The standard InChI is InChI=1S/C30H27Cl2FN6O5/c1-37-29(42)26(36-38(2)30(37)43)27(41)34-19-6-4-5-17(24(19)31)23-18(33)9-8-16(25(23)32)20-11-14-7-10-21(39-12-15(40)13-39)22(14)28(35-20)44-3/h4-6,8-9,11,15,21,40H,7,10,12-13H2,1-3H3,(H,34,41). The molecule has 0 spiro atoms. The molecule has 6 rings (SSSR count). The second-order valence-electron chi connectivity index (χ2n) is 10.8. The highest BCUT2D eigenvalue weighted by Crippen LogP contribution is 2.46. The summed E-state index contributed by atoms with van der Waals surface area (Å²) < 4.78 is 22.8. The number of hydrogen-bond donors (Lipinski definition) is 2. The van der Waals surface area contributed by atoms with Gasteiger partial charge in [0.25, 0.3) is 11.5 Å². The van der Waals surface area contributed by atoms with Crippen molar-refractivity contribution in [3.8, 4) is 28.3 Å². The van der Waals surface area contributed by atoms with E-state index in [4.69, 9.17) is 32.9 Å². The van der Waals surface area contributed by atoms with Crippen LogP contribution in [-0.2, 0) is 20.5 Å². The lowest BCUT2D eigenvalue weighted by atomic mass is 9.98. The van der Waals surface area contributed by atoms with Crippen LogP contribution in [0.25, 0.3) is 22.4 Å². The van der Waals surface area contributed by atoms with Gasteiger partial charge >= 0.3 is 5.69 Å². The highest BCUT2D eigenvalue weighted by Gasteiger charge is 2.38. The van der Waals surface area contributed by atoms with Crippen molar-refractivity contribution in [2.45, 2.75) is 25.0 Å². The molecule has 0 bridgehead atoms. The number of hydrogen-bond acceptors (Lipinski definition) is 8. The van der Waals surface area contributed by atoms with Gasteiger partial charge in [-0.15, -0.1) is 0 Å². The molecule has 11 nitrogen and oxygen atoms in total. The molecule has 2 N–H and O–H groups in total. The minimum Gasteiger partial charge on any atom is -0.481 e. The molecular formula is C30H27Cl2FN6O5. The van der Waals surface area contributed by atoms with E-state index in [1.165, 1.54) is 32.3 Å². The highest BCUT2D eigenvalue weighted by molar-refractivity contribution is 6.39. The maximum Gasteiger partial charge on any atom is 0.346 e. The van der Waals surface area contributed by atoms with Crippen molar-refractivity contribution in [3.63, 3.8) is 0 Å². The van der Waals surface area contributed by atoms with Crippen molar-refractivity contribution in [3.05, 3.63) is 89.9 Å². The Balaban J connectivity index is 1.37. The number of aromatic nitrogens is 4. The number of aliphatic hydroxyl groups excluding tert-OH is 1. The number of amides is 1. The minimum absolute atomic E-state index is 0.00452. The van der Waals surface area contributed by atoms with Crippen LogP contribution in [0.3, 0.4) is 0 Å². The maximum atomic E-state index is 15.4. The van der Waals surface area contributed by atoms with E-state index in [2.05, 4.69) is 15.3 Å². The number of nitrogens with one attached hydrogen (secondary N) is 1. The quantitative estimate of drug-likeness (QED) is 0.327. The molecule has 4 aromatic rings. The third kappa shape index (κ3) is 4.97. The third-order valence-electron chi connectivity index (χ3n) is 8.07. The predicted molar refractivity (Wildman–Crippen MR) is 163 cm³/mol. The van der Waals surface area contributed by atoms with E-state index in [0.717, 1.165) is 33.2 Å². The topological polar surface area (TPSA) is 132 Å². The Bertz CT molecular complexity index is 1960. The summed E-state index contributed by atoms with van der Waals surface area (Å²) in [7, 11) is 4.09. The Kier molecular flexibility index (Phi) is 7.78. The Morgan fingerprint density at radius 1 is 1.11 bits per heavy atom. The van der Waals surface area contributed by atoms with Crippen LogP contribution in [0.1, 0.15) is 34.1 Å². The predicted octanol–water partition coefficient (Wildman–Crippen LogP) is 3.58. The number of rotatable bonds is 6. The first-order chi connectivity index (χ1) is 21.0. The van der Waals surface area contributed by atoms with Gasteiger partial charge in [0.2, 0.25) is 11.6 Å². The van der Waals surface area contributed by atoms with Crippen molar-refractivity contribution in [2.75, 3.05) is 25.5 Å². The molecule has 0 radical (unpaired) electrons. The van der Waals surface area contributed by atoms with Crippen LogP contribution in [0.4, 0.5) is 10.1 Å². The summed E-state index contributed by atoms with van der Waals surface area (Å²) in [4.78, 5) is 44.4. The van der Waals surface area contributed by atoms with E-state index in [9.17, 15) is 19.5 Å². The van der Waals surface area contributed by atoms with E-state index < -0.39 is 28.7 Å². The normalized spacial score (nSPS) is 16.5. The minimum atomic E-state index is -0.902. The fraction of sp³-hybridized carbons (Fsp3) is 0.300. The van der Waals surface area contributed by atoms with Crippen LogP contribution in [0.15, 0.2) is 46.0 Å². The SMILES string of the molecule is COc1nc(-c2ccc(F)c(-c3cccc(NC(=O)c4nn(C)c(=O)n(C)c4=O)c3Cl)c2Cl)cc2c1C(N1CC(O)C1)CC2. The molecule has 14 heteroatoms. The molecule has 44 heavy (non-hydrogen) atoms. The molecule has 1 aliphatic heterocycles. The number of aryl methyl sites for hydroxylation is 2. The summed E-state index contributed by atoms with van der Waals surface area (Å²) >= 11 is 13.6. The molecule has 1 saturated heterocycles. The van der Waals surface area contributed by atoms with Crippen LogP contribution in [0.2, 0.25) is 10.0 Å². The molecule has 1 fully saturated rings. The van der Waals surface area contributed by atoms with Crippen LogP contribution >= 0.6 is 23.2 Å². The number of aliphatic hydroxyl groups is 1. The second kappa shape index (κ2) is 11.4. The van der Waals surface area contributed by atoms with E-state index in [1.807, 2.05) is 6.07 Å². The first kappa shape index (κ1) is 29.9. The molecule has 1 aliphatic carbocycles. The number of likely N-dealkylation sites (tertiary alicyclic amines) is 1. The smallest absolute Gasteiger partial charge is 0.346 e. The fourth-order valence-corrected chi connectivity index (χ4v) is 6.44. The summed E-state index contributed by atoms with van der Waals surface area (Å²) in [6, 6.07) is 9.41. The Hall–Kier alpha value is -4.10. The number of ether oxygens (including phenoxy) is 1. The molecule has 1 atom stereocenters. The molecule has 1 unspecified atom stereocenters. The van der Waals surface area contributed by atoms with Gasteiger partial charge < -0.3 is 15.2 Å². The first-order valence-corrected chi connectivity index (χ1v) is 14.5. The van der Waals surface area contributed by atoms with Gasteiger partial charge in [0.1, 0.15) is 5.82 Å². The van der Waals surface area contributed by atoms with Crippen LogP contribution in [0.5, 0.6) is 5.88 Å². The number of carbonyl (C=O) groups excluding carboxylic acids is 1. The lowest BCUT2D eigenvalue weighted by Gasteiger charge is -2.40.